The van der Waals surface area contributed by atoms with E-state index in [0.717, 1.165) is 16.8 Å². The van der Waals surface area contributed by atoms with Crippen molar-refractivity contribution in [2.24, 2.45) is 0 Å². The molecule has 0 spiro atoms. The van der Waals surface area contributed by atoms with Crippen LogP contribution in [-0.2, 0) is 6.42 Å². The first-order valence-corrected chi connectivity index (χ1v) is 8.24. The Balaban J connectivity index is 1.61. The van der Waals surface area contributed by atoms with Crippen LogP contribution in [0.15, 0.2) is 54.7 Å². The summed E-state index contributed by atoms with van der Waals surface area (Å²) in [6.45, 7) is 1.89. The number of hydrogen-bond donors (Lipinski definition) is 3. The first kappa shape index (κ1) is 16.1. The molecule has 2 heterocycles. The second-order valence-electron chi connectivity index (χ2n) is 6.13. The third-order valence-corrected chi connectivity index (χ3v) is 4.18. The Kier molecular flexibility index (Phi) is 4.01. The number of aromatic nitrogens is 3. The number of aromatic amines is 1. The number of para-hydroxylation sites is 1. The molecular weight excluding hydrogens is 331 g/mol. The predicted octanol–water partition coefficient (Wildman–Crippen LogP) is 4.45. The maximum Gasteiger partial charge on any atom is 0.156 e. The van der Waals surface area contributed by atoms with Gasteiger partial charge in [0.1, 0.15) is 17.4 Å². The number of nitrogens with zero attached hydrogens (tertiary/aromatic N) is 2. The zero-order valence-electron chi connectivity index (χ0n) is 14.1. The monoisotopic (exact) mass is 348 g/mol. The van der Waals surface area contributed by atoms with Gasteiger partial charge in [0.15, 0.2) is 5.82 Å². The molecule has 0 radical (unpaired) electrons. The van der Waals surface area contributed by atoms with Crippen LogP contribution in [0.25, 0.3) is 10.9 Å². The van der Waals surface area contributed by atoms with Gasteiger partial charge in [-0.3, -0.25) is 0 Å². The summed E-state index contributed by atoms with van der Waals surface area (Å²) >= 11 is 0. The average Bonchev–Trinajstić information content (AvgIpc) is 3.01. The van der Waals surface area contributed by atoms with E-state index in [0.29, 0.717) is 29.1 Å². The molecule has 0 bridgehead atoms. The third kappa shape index (κ3) is 3.09. The summed E-state index contributed by atoms with van der Waals surface area (Å²) in [6, 6.07) is 14.0. The number of nitrogens with one attached hydrogen (secondary N) is 2. The zero-order valence-corrected chi connectivity index (χ0v) is 14.1. The van der Waals surface area contributed by atoms with E-state index < -0.39 is 0 Å². The number of anilines is 2. The summed E-state index contributed by atoms with van der Waals surface area (Å²) in [5.41, 5.74) is 2.75. The number of hydrogen-bond acceptors (Lipinski definition) is 4. The first-order chi connectivity index (χ1) is 12.6. The fraction of sp³-hybridized carbons (Fsp3) is 0.100. The highest BCUT2D eigenvalue weighted by molar-refractivity contribution is 5.85. The molecule has 2 aromatic heterocycles. The lowest BCUT2D eigenvalue weighted by molar-refractivity contribution is 0.469. The number of H-pyrrole nitrogens is 1. The molecule has 0 aliphatic carbocycles. The van der Waals surface area contributed by atoms with Crippen molar-refractivity contribution in [2.45, 2.75) is 13.3 Å². The fourth-order valence-electron chi connectivity index (χ4n) is 2.93. The van der Waals surface area contributed by atoms with Gasteiger partial charge in [-0.15, -0.1) is 0 Å². The highest BCUT2D eigenvalue weighted by atomic mass is 19.1. The minimum Gasteiger partial charge on any atom is -0.508 e. The van der Waals surface area contributed by atoms with E-state index in [1.165, 1.54) is 0 Å². The SMILES string of the molecule is Cc1cc2c(F)c(Nc3ccnc(Cc4ccccc4O)n3)ccc2[nH]1. The molecule has 0 aliphatic rings. The van der Waals surface area contributed by atoms with E-state index in [2.05, 4.69) is 20.3 Å². The zero-order chi connectivity index (χ0) is 18.1. The van der Waals surface area contributed by atoms with Crippen LogP contribution in [0.1, 0.15) is 17.1 Å². The molecule has 4 aromatic rings. The van der Waals surface area contributed by atoms with Gasteiger partial charge in [-0.1, -0.05) is 18.2 Å². The Bertz CT molecular complexity index is 1090. The maximum atomic E-state index is 14.7. The molecule has 3 N–H and O–H groups in total. The molecule has 0 saturated heterocycles. The van der Waals surface area contributed by atoms with Crippen LogP contribution in [-0.4, -0.2) is 20.1 Å². The normalized spacial score (nSPS) is 11.0. The van der Waals surface area contributed by atoms with Crippen LogP contribution in [0, 0.1) is 12.7 Å². The number of aromatic hydroxyl groups is 1. The summed E-state index contributed by atoms with van der Waals surface area (Å²) in [5.74, 6) is 0.910. The second-order valence-corrected chi connectivity index (χ2v) is 6.13. The minimum absolute atomic E-state index is 0.203. The van der Waals surface area contributed by atoms with Crippen molar-refractivity contribution >= 4 is 22.4 Å². The minimum atomic E-state index is -0.326. The molecule has 6 heteroatoms. The second kappa shape index (κ2) is 6.48. The Morgan fingerprint density at radius 2 is 2.00 bits per heavy atom. The van der Waals surface area contributed by atoms with Crippen molar-refractivity contribution in [3.05, 3.63) is 77.6 Å². The fourth-order valence-corrected chi connectivity index (χ4v) is 2.93. The molecule has 5 nitrogen and oxygen atoms in total. The van der Waals surface area contributed by atoms with Gasteiger partial charge in [-0.05, 0) is 37.3 Å². The summed E-state index contributed by atoms with van der Waals surface area (Å²) in [5, 5.41) is 13.4. The number of phenolic OH excluding ortho intramolecular Hbond substituents is 1. The van der Waals surface area contributed by atoms with E-state index in [9.17, 15) is 9.50 Å². The summed E-state index contributed by atoms with van der Waals surface area (Å²) in [6.07, 6.45) is 2.00. The predicted molar refractivity (Wildman–Crippen MR) is 99.2 cm³/mol. The van der Waals surface area contributed by atoms with Crippen molar-refractivity contribution in [1.82, 2.24) is 15.0 Å². The lowest BCUT2D eigenvalue weighted by Gasteiger charge is -2.09. The Morgan fingerprint density at radius 3 is 2.85 bits per heavy atom. The smallest absolute Gasteiger partial charge is 0.156 e. The van der Waals surface area contributed by atoms with Crippen molar-refractivity contribution in [3.63, 3.8) is 0 Å². The number of halogens is 1. The lowest BCUT2D eigenvalue weighted by atomic mass is 10.1. The molecular formula is C20H17FN4O. The summed E-state index contributed by atoms with van der Waals surface area (Å²) < 4.78 is 14.7. The largest absolute Gasteiger partial charge is 0.508 e. The van der Waals surface area contributed by atoms with E-state index in [4.69, 9.17) is 0 Å². The molecule has 4 rings (SSSR count). The van der Waals surface area contributed by atoms with Crippen LogP contribution in [0.5, 0.6) is 5.75 Å². The quantitative estimate of drug-likeness (QED) is 0.509. The number of benzene rings is 2. The van der Waals surface area contributed by atoms with Crippen molar-refractivity contribution in [3.8, 4) is 5.75 Å². The Hall–Kier alpha value is -3.41. The van der Waals surface area contributed by atoms with E-state index in [-0.39, 0.29) is 11.6 Å². The lowest BCUT2D eigenvalue weighted by Crippen LogP contribution is -2.02. The van der Waals surface area contributed by atoms with Gasteiger partial charge in [-0.2, -0.15) is 0 Å². The van der Waals surface area contributed by atoms with E-state index in [1.54, 1.807) is 36.5 Å². The van der Waals surface area contributed by atoms with Gasteiger partial charge in [-0.25, -0.2) is 14.4 Å². The van der Waals surface area contributed by atoms with Gasteiger partial charge in [0.05, 0.1) is 5.69 Å². The van der Waals surface area contributed by atoms with Gasteiger partial charge in [0.2, 0.25) is 0 Å². The molecule has 0 unspecified atom stereocenters. The number of phenols is 1. The molecule has 0 atom stereocenters. The van der Waals surface area contributed by atoms with Gasteiger partial charge in [0, 0.05) is 34.8 Å². The third-order valence-electron chi connectivity index (χ3n) is 4.18. The standard InChI is InChI=1S/C20H17FN4O/c1-12-10-14-15(23-12)6-7-16(20(14)21)24-18-8-9-22-19(25-18)11-13-4-2-3-5-17(13)26/h2-10,23,26H,11H2,1H3,(H,22,24,25). The molecule has 26 heavy (non-hydrogen) atoms. The number of fused-ring (bicyclic) bond motifs is 1. The van der Waals surface area contributed by atoms with Crippen LogP contribution in [0.2, 0.25) is 0 Å². The van der Waals surface area contributed by atoms with Crippen LogP contribution in [0.3, 0.4) is 0 Å². The van der Waals surface area contributed by atoms with E-state index in [1.807, 2.05) is 25.1 Å². The average molecular weight is 348 g/mol. The summed E-state index contributed by atoms with van der Waals surface area (Å²) in [7, 11) is 0. The van der Waals surface area contributed by atoms with Crippen molar-refractivity contribution in [2.75, 3.05) is 5.32 Å². The topological polar surface area (TPSA) is 73.8 Å². The molecule has 0 fully saturated rings. The highest BCUT2D eigenvalue weighted by Gasteiger charge is 2.11. The number of rotatable bonds is 4. The van der Waals surface area contributed by atoms with Crippen molar-refractivity contribution < 1.29 is 9.50 Å². The van der Waals surface area contributed by atoms with Crippen molar-refractivity contribution in [1.29, 1.82) is 0 Å². The van der Waals surface area contributed by atoms with Crippen LogP contribution >= 0.6 is 0 Å². The molecule has 2 aromatic carbocycles. The van der Waals surface area contributed by atoms with Gasteiger partial charge < -0.3 is 15.4 Å². The van der Waals surface area contributed by atoms with Crippen LogP contribution < -0.4 is 5.32 Å². The first-order valence-electron chi connectivity index (χ1n) is 8.24. The van der Waals surface area contributed by atoms with Gasteiger partial charge >= 0.3 is 0 Å². The number of aryl methyl sites for hydroxylation is 1. The molecule has 0 aliphatic heterocycles. The van der Waals surface area contributed by atoms with Gasteiger partial charge in [0.25, 0.3) is 0 Å². The molecule has 0 amide bonds. The summed E-state index contributed by atoms with van der Waals surface area (Å²) in [4.78, 5) is 11.8. The molecule has 0 saturated carbocycles. The van der Waals surface area contributed by atoms with Crippen LogP contribution in [0.4, 0.5) is 15.9 Å². The molecule has 130 valence electrons. The maximum absolute atomic E-state index is 14.7. The Morgan fingerprint density at radius 1 is 1.15 bits per heavy atom. The highest BCUT2D eigenvalue weighted by Crippen LogP contribution is 2.27. The van der Waals surface area contributed by atoms with E-state index >= 15 is 0 Å². The Labute approximate surface area is 149 Å².